The lowest BCUT2D eigenvalue weighted by molar-refractivity contribution is -0.384. The van der Waals surface area contributed by atoms with Crippen molar-refractivity contribution in [1.82, 2.24) is 4.98 Å². The number of pyridine rings is 1. The van der Waals surface area contributed by atoms with E-state index in [2.05, 4.69) is 4.98 Å². The highest BCUT2D eigenvalue weighted by atomic mass is 35.5. The van der Waals surface area contributed by atoms with Gasteiger partial charge < -0.3 is 0 Å². The van der Waals surface area contributed by atoms with Gasteiger partial charge >= 0.3 is 0 Å². The number of nitro groups is 1. The number of non-ortho nitro benzene ring substituents is 1. The molecule has 0 atom stereocenters. The van der Waals surface area contributed by atoms with Gasteiger partial charge in [-0.15, -0.1) is 0 Å². The molecule has 0 fully saturated rings. The molecule has 20 heavy (non-hydrogen) atoms. The second kappa shape index (κ2) is 5.98. The second-order valence-corrected chi connectivity index (χ2v) is 4.74. The third-order valence-corrected chi connectivity index (χ3v) is 3.16. The van der Waals surface area contributed by atoms with Crippen LogP contribution in [0.5, 0.6) is 0 Å². The van der Waals surface area contributed by atoms with Gasteiger partial charge in [-0.05, 0) is 11.6 Å². The molecule has 0 spiro atoms. The summed E-state index contributed by atoms with van der Waals surface area (Å²) in [7, 11) is 0. The minimum absolute atomic E-state index is 0.00414. The third-order valence-electron chi connectivity index (χ3n) is 2.62. The average molecular weight is 311 g/mol. The fourth-order valence-corrected chi connectivity index (χ4v) is 2.05. The van der Waals surface area contributed by atoms with E-state index in [0.29, 0.717) is 5.56 Å². The van der Waals surface area contributed by atoms with Crippen LogP contribution in [0.25, 0.3) is 0 Å². The molecular weight excluding hydrogens is 303 g/mol. The molecule has 2 rings (SSSR count). The maximum Gasteiger partial charge on any atom is 0.270 e. The number of Topliss-reactive ketones (excluding diaryl/α,β-unsaturated/α-hetero) is 1. The Hall–Kier alpha value is -1.98. The Morgan fingerprint density at radius 3 is 2.65 bits per heavy atom. The summed E-state index contributed by atoms with van der Waals surface area (Å²) >= 11 is 11.6. The summed E-state index contributed by atoms with van der Waals surface area (Å²) in [6.45, 7) is 0. The van der Waals surface area contributed by atoms with E-state index < -0.39 is 4.92 Å². The van der Waals surface area contributed by atoms with E-state index in [1.54, 1.807) is 6.07 Å². The number of aromatic nitrogens is 1. The number of nitrogens with zero attached hydrogens (tertiary/aromatic N) is 2. The number of carbonyl (C=O) groups is 1. The summed E-state index contributed by atoms with van der Waals surface area (Å²) in [5, 5.41) is 11.1. The van der Waals surface area contributed by atoms with Crippen LogP contribution in [0.1, 0.15) is 15.9 Å². The third kappa shape index (κ3) is 3.31. The fraction of sp³-hybridized carbons (Fsp3) is 0.0769. The van der Waals surface area contributed by atoms with E-state index in [1.165, 1.54) is 30.3 Å². The Kier molecular flexibility index (Phi) is 4.32. The van der Waals surface area contributed by atoms with Crippen LogP contribution in [0.3, 0.4) is 0 Å². The summed E-state index contributed by atoms with van der Waals surface area (Å²) in [6, 6.07) is 8.68. The SMILES string of the molecule is O=C(Cc1ccc(Cl)nc1Cl)c1cccc([N+](=O)[O-])c1. The largest absolute Gasteiger partial charge is 0.294 e. The molecule has 1 aromatic carbocycles. The van der Waals surface area contributed by atoms with Crippen LogP contribution in [0, 0.1) is 10.1 Å². The molecular formula is C13H8Cl2N2O3. The molecule has 0 aliphatic heterocycles. The fourth-order valence-electron chi connectivity index (χ4n) is 1.64. The summed E-state index contributed by atoms with van der Waals surface area (Å²) in [5.41, 5.74) is 0.647. The van der Waals surface area contributed by atoms with Crippen molar-refractivity contribution in [3.8, 4) is 0 Å². The zero-order valence-electron chi connectivity index (χ0n) is 10.0. The van der Waals surface area contributed by atoms with Gasteiger partial charge in [0, 0.05) is 24.1 Å². The Labute approximate surface area is 124 Å². The van der Waals surface area contributed by atoms with Crippen molar-refractivity contribution in [2.75, 3.05) is 0 Å². The van der Waals surface area contributed by atoms with E-state index >= 15 is 0 Å². The van der Waals surface area contributed by atoms with Gasteiger partial charge in [0.25, 0.3) is 5.69 Å². The van der Waals surface area contributed by atoms with E-state index in [0.717, 1.165) is 0 Å². The summed E-state index contributed by atoms with van der Waals surface area (Å²) in [5.74, 6) is -0.278. The summed E-state index contributed by atoms with van der Waals surface area (Å²) in [6.07, 6.45) is 0.00414. The molecule has 0 amide bonds. The molecule has 7 heteroatoms. The van der Waals surface area contributed by atoms with Gasteiger partial charge in [-0.2, -0.15) is 0 Å². The first kappa shape index (κ1) is 14.4. The molecule has 0 saturated carbocycles. The first-order chi connectivity index (χ1) is 9.47. The smallest absolute Gasteiger partial charge is 0.270 e. The number of hydrogen-bond donors (Lipinski definition) is 0. The topological polar surface area (TPSA) is 73.1 Å². The molecule has 0 saturated heterocycles. The quantitative estimate of drug-likeness (QED) is 0.373. The van der Waals surface area contributed by atoms with Crippen LogP contribution in [0.15, 0.2) is 36.4 Å². The molecule has 1 aromatic heterocycles. The van der Waals surface area contributed by atoms with Crippen molar-refractivity contribution < 1.29 is 9.72 Å². The van der Waals surface area contributed by atoms with Gasteiger partial charge in [-0.1, -0.05) is 41.4 Å². The molecule has 2 aromatic rings. The van der Waals surface area contributed by atoms with Gasteiger partial charge in [0.1, 0.15) is 10.3 Å². The minimum Gasteiger partial charge on any atom is -0.294 e. The Morgan fingerprint density at radius 1 is 1.25 bits per heavy atom. The van der Waals surface area contributed by atoms with Crippen LogP contribution >= 0.6 is 23.2 Å². The van der Waals surface area contributed by atoms with Crippen molar-refractivity contribution in [2.45, 2.75) is 6.42 Å². The van der Waals surface area contributed by atoms with Gasteiger partial charge in [0.05, 0.1) is 4.92 Å². The molecule has 0 aliphatic carbocycles. The highest BCUT2D eigenvalue weighted by Crippen LogP contribution is 2.20. The van der Waals surface area contributed by atoms with Gasteiger partial charge in [0.2, 0.25) is 0 Å². The summed E-state index contributed by atoms with van der Waals surface area (Å²) < 4.78 is 0. The number of benzene rings is 1. The highest BCUT2D eigenvalue weighted by Gasteiger charge is 2.14. The van der Waals surface area contributed by atoms with Gasteiger partial charge in [0.15, 0.2) is 5.78 Å². The molecule has 0 radical (unpaired) electrons. The van der Waals surface area contributed by atoms with E-state index in [9.17, 15) is 14.9 Å². The lowest BCUT2D eigenvalue weighted by Gasteiger charge is -2.04. The number of carbonyl (C=O) groups excluding carboxylic acids is 1. The molecule has 0 bridgehead atoms. The maximum atomic E-state index is 12.1. The van der Waals surface area contributed by atoms with E-state index in [4.69, 9.17) is 23.2 Å². The Bertz CT molecular complexity index is 689. The number of rotatable bonds is 4. The maximum absolute atomic E-state index is 12.1. The van der Waals surface area contributed by atoms with Crippen LogP contribution in [-0.4, -0.2) is 15.7 Å². The minimum atomic E-state index is -0.548. The van der Waals surface area contributed by atoms with Crippen molar-refractivity contribution in [1.29, 1.82) is 0 Å². The zero-order valence-corrected chi connectivity index (χ0v) is 11.6. The Balaban J connectivity index is 2.24. The molecule has 5 nitrogen and oxygen atoms in total. The van der Waals surface area contributed by atoms with Crippen molar-refractivity contribution in [3.63, 3.8) is 0 Å². The van der Waals surface area contributed by atoms with Crippen molar-refractivity contribution in [2.24, 2.45) is 0 Å². The van der Waals surface area contributed by atoms with Crippen LogP contribution in [0.4, 0.5) is 5.69 Å². The average Bonchev–Trinajstić information content (AvgIpc) is 2.42. The van der Waals surface area contributed by atoms with Crippen LogP contribution in [0.2, 0.25) is 10.3 Å². The van der Waals surface area contributed by atoms with Gasteiger partial charge in [-0.3, -0.25) is 14.9 Å². The second-order valence-electron chi connectivity index (χ2n) is 3.99. The van der Waals surface area contributed by atoms with Crippen LogP contribution < -0.4 is 0 Å². The van der Waals surface area contributed by atoms with Crippen molar-refractivity contribution >= 4 is 34.7 Å². The molecule has 0 N–H and O–H groups in total. The number of hydrogen-bond acceptors (Lipinski definition) is 4. The van der Waals surface area contributed by atoms with Gasteiger partial charge in [-0.25, -0.2) is 4.98 Å². The number of ketones is 1. The Morgan fingerprint density at radius 2 is 2.00 bits per heavy atom. The molecule has 0 aliphatic rings. The lowest BCUT2D eigenvalue weighted by atomic mass is 10.0. The number of nitro benzene ring substituents is 1. The highest BCUT2D eigenvalue weighted by molar-refractivity contribution is 6.33. The number of halogens is 2. The molecule has 0 unspecified atom stereocenters. The zero-order chi connectivity index (χ0) is 14.7. The van der Waals surface area contributed by atoms with E-state index in [1.807, 2.05) is 0 Å². The predicted molar refractivity (Wildman–Crippen MR) is 75.4 cm³/mol. The summed E-state index contributed by atoms with van der Waals surface area (Å²) in [4.78, 5) is 26.0. The lowest BCUT2D eigenvalue weighted by Crippen LogP contribution is -2.05. The monoisotopic (exact) mass is 310 g/mol. The van der Waals surface area contributed by atoms with E-state index in [-0.39, 0.29) is 33.8 Å². The van der Waals surface area contributed by atoms with Crippen LogP contribution in [-0.2, 0) is 6.42 Å². The predicted octanol–water partition coefficient (Wildman–Crippen LogP) is 3.72. The standard InChI is InChI=1S/C13H8Cl2N2O3/c14-12-5-4-9(13(15)16-12)7-11(18)8-2-1-3-10(6-8)17(19)20/h1-6H,7H2. The van der Waals surface area contributed by atoms with Crippen molar-refractivity contribution in [3.05, 3.63) is 67.9 Å². The first-order valence-corrected chi connectivity index (χ1v) is 6.31. The molecule has 1 heterocycles. The normalized spacial score (nSPS) is 10.3. The molecule has 102 valence electrons. The first-order valence-electron chi connectivity index (χ1n) is 5.56.